The highest BCUT2D eigenvalue weighted by molar-refractivity contribution is 8.76. The molecule has 14 N–H and O–H groups in total. The molecule has 1 unspecified atom stereocenters. The van der Waals surface area contributed by atoms with Crippen LogP contribution >= 0.6 is 21.6 Å². The molecule has 372 valence electrons. The van der Waals surface area contributed by atoms with Crippen LogP contribution in [0.3, 0.4) is 0 Å². The van der Waals surface area contributed by atoms with Crippen molar-refractivity contribution < 1.29 is 53.1 Å². The van der Waals surface area contributed by atoms with E-state index < -0.39 is 120 Å². The van der Waals surface area contributed by atoms with Gasteiger partial charge in [-0.3, -0.25) is 52.8 Å². The van der Waals surface area contributed by atoms with Gasteiger partial charge in [0.15, 0.2) is 0 Å². The highest BCUT2D eigenvalue weighted by Gasteiger charge is 2.37. The summed E-state index contributed by atoms with van der Waals surface area (Å²) in [5.74, 6) is -7.31. The Morgan fingerprint density at radius 1 is 0.821 bits per heavy atom. The lowest BCUT2D eigenvalue weighted by Crippen LogP contribution is -2.60. The molecule has 1 aromatic carbocycles. The molecule has 22 nitrogen and oxygen atoms in total. The summed E-state index contributed by atoms with van der Waals surface area (Å²) in [6.45, 7) is 7.35. The average Bonchev–Trinajstić information content (AvgIpc) is 3.72. The highest BCUT2D eigenvalue weighted by Crippen LogP contribution is 2.25. The van der Waals surface area contributed by atoms with Crippen LogP contribution in [-0.2, 0) is 54.4 Å². The average molecular weight is 978 g/mol. The van der Waals surface area contributed by atoms with Crippen molar-refractivity contribution in [2.24, 2.45) is 29.0 Å². The molecule has 10 amide bonds. The first-order chi connectivity index (χ1) is 31.7. The summed E-state index contributed by atoms with van der Waals surface area (Å²) in [6, 6.07) is -1.85. The van der Waals surface area contributed by atoms with Gasteiger partial charge < -0.3 is 59.5 Å². The van der Waals surface area contributed by atoms with Gasteiger partial charge in [0.2, 0.25) is 59.1 Å². The Morgan fingerprint density at radius 2 is 1.48 bits per heavy atom. The number of likely N-dealkylation sites (tertiary alicyclic amines) is 1. The fraction of sp³-hybridized carbons (Fsp3) is 0.628. The number of carbonyl (C=O) groups excluding carboxylic acids is 10. The summed E-state index contributed by atoms with van der Waals surface area (Å²) in [5.41, 5.74) is 16.8. The zero-order valence-corrected chi connectivity index (χ0v) is 40.1. The number of nitrogens with zero attached hydrogens (tertiary/aromatic N) is 1. The molecule has 2 heterocycles. The summed E-state index contributed by atoms with van der Waals surface area (Å²) < 4.78 is 0. The number of hydrogen-bond donors (Lipinski definition) is 11. The highest BCUT2D eigenvalue weighted by atomic mass is 33.1. The minimum Gasteiger partial charge on any atom is -0.508 e. The Hall–Kier alpha value is -5.62. The summed E-state index contributed by atoms with van der Waals surface area (Å²) in [5, 5.41) is 28.5. The maximum absolute atomic E-state index is 14.1. The Bertz CT molecular complexity index is 1930. The van der Waals surface area contributed by atoms with Crippen LogP contribution < -0.4 is 54.4 Å². The number of nitrogens with one attached hydrogen (secondary N) is 7. The lowest BCUT2D eigenvalue weighted by Gasteiger charge is -2.31. The second kappa shape index (κ2) is 27.9. The maximum atomic E-state index is 14.1. The molecule has 3 rings (SSSR count). The molecule has 1 aromatic rings. The minimum atomic E-state index is -1.56. The second-order valence-electron chi connectivity index (χ2n) is 17.3. The van der Waals surface area contributed by atoms with E-state index in [0.29, 0.717) is 31.4 Å². The summed E-state index contributed by atoms with van der Waals surface area (Å²) in [4.78, 5) is 134. The third-order valence-electron chi connectivity index (χ3n) is 11.2. The van der Waals surface area contributed by atoms with Crippen molar-refractivity contribution in [1.29, 1.82) is 0 Å². The first kappa shape index (κ1) is 55.7. The van der Waals surface area contributed by atoms with E-state index in [9.17, 15) is 53.1 Å². The molecular formula is C43H67N11O11S2. The van der Waals surface area contributed by atoms with E-state index in [-0.39, 0.29) is 61.8 Å². The second-order valence-corrected chi connectivity index (χ2v) is 19.9. The molecule has 2 fully saturated rings. The van der Waals surface area contributed by atoms with Crippen molar-refractivity contribution in [3.05, 3.63) is 29.8 Å². The number of primary amides is 3. The van der Waals surface area contributed by atoms with Crippen LogP contribution in [0.1, 0.15) is 84.6 Å². The van der Waals surface area contributed by atoms with E-state index in [1.165, 1.54) is 33.7 Å². The summed E-state index contributed by atoms with van der Waals surface area (Å²) in [7, 11) is 2.61. The van der Waals surface area contributed by atoms with Gasteiger partial charge in [-0.2, -0.15) is 0 Å². The molecule has 2 aliphatic rings. The fourth-order valence-corrected chi connectivity index (χ4v) is 9.68. The normalized spacial score (nSPS) is 23.9. The number of phenolic OH excluding ortho intramolecular Hbond substituents is 1. The Morgan fingerprint density at radius 3 is 2.10 bits per heavy atom. The predicted molar refractivity (Wildman–Crippen MR) is 251 cm³/mol. The molecule has 0 aromatic heterocycles. The molecule has 0 aliphatic carbocycles. The zero-order chi connectivity index (χ0) is 49.8. The van der Waals surface area contributed by atoms with Gasteiger partial charge in [0.1, 0.15) is 36.0 Å². The molecule has 8 atom stereocenters. The van der Waals surface area contributed by atoms with Crippen LogP contribution in [0.15, 0.2) is 24.3 Å². The molecule has 0 saturated carbocycles. The standard InChI is InChI=1S/C43H67N11O11S2/c1-5-24(4)37-43(65)50-28(12-13-33(44)56)39(61)51-31(19-34(45)57)40(62)48-26(21-54-15-6-7-32(54)42(64)52-29(17-23(2)3)38(60)47-20-35(46)58)22-67-66-16-14-36(59)49-30(41(63)53-37)18-25-8-10-27(55)11-9-25/h8-11,23-24,26,28-32,37,55H,5-7,12-22H2,1-4H3,(H2,44,56)(H2,45,57)(H2,46,58)(H,47,60)(H,48,62)(H,49,59)(H,50,65)(H,51,61)(H,52,64)(H,53,63)/t24-,26?,28-,29-,30-,31-,32-,37-/m0/s1. The fourth-order valence-electron chi connectivity index (χ4n) is 7.46. The SMILES string of the molecule is CC[C@H](C)[C@@H]1NC(=O)[C@H](Cc2ccc(O)cc2)NC(=O)CCSSCC(CN2CCC[C@H]2C(=O)N[C@@H](CC(C)C)C(=O)NCC(N)=O)NC(=O)[C@H](CC(N)=O)NC(=O)[C@H](CCC(N)=O)NC1=O. The number of nitrogens with two attached hydrogens (primary N) is 3. The quantitative estimate of drug-likeness (QED) is 0.0705. The number of hydrogen-bond acceptors (Lipinski definition) is 14. The van der Waals surface area contributed by atoms with E-state index in [2.05, 4.69) is 37.2 Å². The lowest BCUT2D eigenvalue weighted by atomic mass is 9.96. The Balaban J connectivity index is 1.98. The van der Waals surface area contributed by atoms with Crippen molar-refractivity contribution in [2.75, 3.05) is 31.1 Å². The monoisotopic (exact) mass is 977 g/mol. The van der Waals surface area contributed by atoms with Crippen LogP contribution in [0, 0.1) is 11.8 Å². The number of rotatable bonds is 18. The third kappa shape index (κ3) is 19.6. The van der Waals surface area contributed by atoms with Crippen molar-refractivity contribution in [3.8, 4) is 5.75 Å². The van der Waals surface area contributed by atoms with E-state index in [0.717, 1.165) is 0 Å². The van der Waals surface area contributed by atoms with Gasteiger partial charge in [-0.15, -0.1) is 0 Å². The topological polar surface area (TPSA) is 356 Å². The van der Waals surface area contributed by atoms with Crippen molar-refractivity contribution >= 4 is 80.7 Å². The molecule has 24 heteroatoms. The Kier molecular flexibility index (Phi) is 23.2. The smallest absolute Gasteiger partial charge is 0.243 e. The maximum Gasteiger partial charge on any atom is 0.243 e. The van der Waals surface area contributed by atoms with E-state index >= 15 is 0 Å². The molecule has 2 aliphatic heterocycles. The number of benzene rings is 1. The van der Waals surface area contributed by atoms with Crippen LogP contribution in [-0.4, -0.2) is 143 Å². The lowest BCUT2D eigenvalue weighted by molar-refractivity contribution is -0.136. The first-order valence-electron chi connectivity index (χ1n) is 22.4. The number of aromatic hydroxyl groups is 1. The molecule has 2 saturated heterocycles. The van der Waals surface area contributed by atoms with Gasteiger partial charge in [0.25, 0.3) is 0 Å². The first-order valence-corrected chi connectivity index (χ1v) is 24.9. The summed E-state index contributed by atoms with van der Waals surface area (Å²) >= 11 is 0. The number of carbonyl (C=O) groups is 10. The summed E-state index contributed by atoms with van der Waals surface area (Å²) in [6.07, 6.45) is 0.299. The van der Waals surface area contributed by atoms with E-state index in [4.69, 9.17) is 17.2 Å². The molecule has 0 bridgehead atoms. The zero-order valence-electron chi connectivity index (χ0n) is 38.4. The largest absolute Gasteiger partial charge is 0.508 e. The Labute approximate surface area is 398 Å². The predicted octanol–water partition coefficient (Wildman–Crippen LogP) is -2.07. The van der Waals surface area contributed by atoms with Crippen LogP contribution in [0.25, 0.3) is 0 Å². The molecule has 0 radical (unpaired) electrons. The minimum absolute atomic E-state index is 0.00192. The van der Waals surface area contributed by atoms with Crippen LogP contribution in [0.4, 0.5) is 0 Å². The number of amides is 10. The van der Waals surface area contributed by atoms with Gasteiger partial charge in [-0.25, -0.2) is 0 Å². The van der Waals surface area contributed by atoms with Gasteiger partial charge in [0.05, 0.1) is 25.0 Å². The van der Waals surface area contributed by atoms with Crippen molar-refractivity contribution in [3.63, 3.8) is 0 Å². The van der Waals surface area contributed by atoms with Gasteiger partial charge in [0, 0.05) is 37.3 Å². The molecular weight excluding hydrogens is 911 g/mol. The van der Waals surface area contributed by atoms with Crippen LogP contribution in [0.5, 0.6) is 5.75 Å². The van der Waals surface area contributed by atoms with Gasteiger partial charge >= 0.3 is 0 Å². The van der Waals surface area contributed by atoms with Crippen LogP contribution in [0.2, 0.25) is 0 Å². The third-order valence-corrected chi connectivity index (χ3v) is 13.7. The molecule has 67 heavy (non-hydrogen) atoms. The van der Waals surface area contributed by atoms with Gasteiger partial charge in [-0.1, -0.05) is 67.8 Å². The van der Waals surface area contributed by atoms with E-state index in [1.54, 1.807) is 26.0 Å². The van der Waals surface area contributed by atoms with Gasteiger partial charge in [-0.05, 0) is 61.8 Å². The molecule has 0 spiro atoms. The van der Waals surface area contributed by atoms with E-state index in [1.807, 2.05) is 18.7 Å². The van der Waals surface area contributed by atoms with Crippen molar-refractivity contribution in [1.82, 2.24) is 42.1 Å². The van der Waals surface area contributed by atoms with Crippen molar-refractivity contribution in [2.45, 2.75) is 128 Å². The number of phenols is 1.